The highest BCUT2D eigenvalue weighted by molar-refractivity contribution is 6.43. The number of hydrogen-bond donors (Lipinski definition) is 1. The van der Waals surface area contributed by atoms with Crippen molar-refractivity contribution >= 4 is 28.9 Å². The standard InChI is InChI=1S/C14H13NO5/c1-3-20-14(18)13(17)9-6-15-12-8(7-16)4-5-10(19-2)11(9)12/h4-7,15H,3H2,1-2H3. The number of hydrogen-bond acceptors (Lipinski definition) is 5. The summed E-state index contributed by atoms with van der Waals surface area (Å²) in [6.07, 6.45) is 2.04. The van der Waals surface area contributed by atoms with Crippen molar-refractivity contribution in [1.82, 2.24) is 4.98 Å². The topological polar surface area (TPSA) is 85.5 Å². The predicted octanol–water partition coefficient (Wildman–Crippen LogP) is 1.73. The van der Waals surface area contributed by atoms with Crippen molar-refractivity contribution in [1.29, 1.82) is 0 Å². The van der Waals surface area contributed by atoms with Gasteiger partial charge in [-0.15, -0.1) is 0 Å². The first kappa shape index (κ1) is 13.8. The second-order valence-electron chi connectivity index (χ2n) is 3.98. The molecular formula is C14H13NO5. The number of H-pyrrole nitrogens is 1. The molecule has 0 fully saturated rings. The largest absolute Gasteiger partial charge is 0.496 e. The first-order valence-electron chi connectivity index (χ1n) is 5.98. The van der Waals surface area contributed by atoms with Crippen molar-refractivity contribution < 1.29 is 23.9 Å². The number of carbonyl (C=O) groups is 3. The zero-order valence-corrected chi connectivity index (χ0v) is 11.1. The number of fused-ring (bicyclic) bond motifs is 1. The van der Waals surface area contributed by atoms with Gasteiger partial charge in [-0.05, 0) is 19.1 Å². The van der Waals surface area contributed by atoms with Crippen molar-refractivity contribution in [2.75, 3.05) is 13.7 Å². The number of nitrogens with one attached hydrogen (secondary N) is 1. The Morgan fingerprint density at radius 3 is 2.70 bits per heavy atom. The number of carbonyl (C=O) groups excluding carboxylic acids is 3. The molecule has 0 saturated carbocycles. The number of ketones is 1. The molecule has 0 aliphatic heterocycles. The molecule has 0 atom stereocenters. The molecule has 2 rings (SSSR count). The van der Waals surface area contributed by atoms with Gasteiger partial charge in [0, 0.05) is 11.8 Å². The van der Waals surface area contributed by atoms with Crippen molar-refractivity contribution in [3.63, 3.8) is 0 Å². The van der Waals surface area contributed by atoms with Crippen LogP contribution in [0.25, 0.3) is 10.9 Å². The summed E-state index contributed by atoms with van der Waals surface area (Å²) in [5.74, 6) is -1.31. The van der Waals surface area contributed by atoms with E-state index in [1.165, 1.54) is 13.3 Å². The average Bonchev–Trinajstić information content (AvgIpc) is 2.90. The molecule has 6 nitrogen and oxygen atoms in total. The number of benzene rings is 1. The minimum absolute atomic E-state index is 0.115. The van der Waals surface area contributed by atoms with Crippen molar-refractivity contribution in [2.45, 2.75) is 6.92 Å². The normalized spacial score (nSPS) is 10.3. The van der Waals surface area contributed by atoms with E-state index in [0.29, 0.717) is 28.5 Å². The Bertz CT molecular complexity index is 686. The summed E-state index contributed by atoms with van der Waals surface area (Å²) < 4.78 is 9.87. The summed E-state index contributed by atoms with van der Waals surface area (Å²) in [5.41, 5.74) is 0.953. The van der Waals surface area contributed by atoms with Gasteiger partial charge in [-0.25, -0.2) is 4.79 Å². The van der Waals surface area contributed by atoms with Gasteiger partial charge in [0.1, 0.15) is 5.75 Å². The molecule has 0 radical (unpaired) electrons. The maximum absolute atomic E-state index is 12.0. The summed E-state index contributed by atoms with van der Waals surface area (Å²) in [4.78, 5) is 37.4. The third-order valence-corrected chi connectivity index (χ3v) is 2.88. The molecule has 0 aliphatic carbocycles. The third-order valence-electron chi connectivity index (χ3n) is 2.88. The lowest BCUT2D eigenvalue weighted by molar-refractivity contribution is -0.137. The Kier molecular flexibility index (Phi) is 3.84. The van der Waals surface area contributed by atoms with Crippen LogP contribution in [-0.4, -0.2) is 36.7 Å². The molecule has 20 heavy (non-hydrogen) atoms. The van der Waals surface area contributed by atoms with Crippen LogP contribution in [0.4, 0.5) is 0 Å². The number of ether oxygens (including phenoxy) is 2. The van der Waals surface area contributed by atoms with Crippen LogP contribution in [0.15, 0.2) is 18.3 Å². The smallest absolute Gasteiger partial charge is 0.379 e. The monoisotopic (exact) mass is 275 g/mol. The third kappa shape index (κ3) is 2.16. The van der Waals surface area contributed by atoms with E-state index < -0.39 is 11.8 Å². The van der Waals surface area contributed by atoms with Gasteiger partial charge >= 0.3 is 5.97 Å². The Hall–Kier alpha value is -2.63. The van der Waals surface area contributed by atoms with Gasteiger partial charge < -0.3 is 14.5 Å². The fraction of sp³-hybridized carbons (Fsp3) is 0.214. The maximum atomic E-state index is 12.0. The molecule has 0 amide bonds. The van der Waals surface area contributed by atoms with E-state index in [4.69, 9.17) is 9.47 Å². The highest BCUT2D eigenvalue weighted by atomic mass is 16.5. The van der Waals surface area contributed by atoms with Crippen molar-refractivity contribution in [2.24, 2.45) is 0 Å². The Labute approximate surface area is 114 Å². The molecule has 1 N–H and O–H groups in total. The lowest BCUT2D eigenvalue weighted by atomic mass is 10.1. The quantitative estimate of drug-likeness (QED) is 0.389. The second-order valence-corrected chi connectivity index (χ2v) is 3.98. The zero-order chi connectivity index (χ0) is 14.7. The molecule has 2 aromatic rings. The lowest BCUT2D eigenvalue weighted by Gasteiger charge is -2.05. The van der Waals surface area contributed by atoms with Crippen LogP contribution in [-0.2, 0) is 9.53 Å². The molecule has 1 aromatic carbocycles. The van der Waals surface area contributed by atoms with Crippen LogP contribution >= 0.6 is 0 Å². The van der Waals surface area contributed by atoms with Gasteiger partial charge in [0.05, 0.1) is 30.2 Å². The van der Waals surface area contributed by atoms with Gasteiger partial charge in [-0.1, -0.05) is 0 Å². The first-order chi connectivity index (χ1) is 9.63. The number of aromatic nitrogens is 1. The Morgan fingerprint density at radius 2 is 2.10 bits per heavy atom. The summed E-state index contributed by atoms with van der Waals surface area (Å²) >= 11 is 0. The van der Waals surface area contributed by atoms with E-state index in [1.54, 1.807) is 19.1 Å². The average molecular weight is 275 g/mol. The molecule has 0 bridgehead atoms. The van der Waals surface area contributed by atoms with E-state index in [0.717, 1.165) is 0 Å². The van der Waals surface area contributed by atoms with Crippen LogP contribution in [0, 0.1) is 0 Å². The highest BCUT2D eigenvalue weighted by Crippen LogP contribution is 2.31. The minimum atomic E-state index is -0.938. The van der Waals surface area contributed by atoms with E-state index in [1.807, 2.05) is 0 Å². The van der Waals surface area contributed by atoms with Crippen LogP contribution in [0.2, 0.25) is 0 Å². The molecule has 0 unspecified atom stereocenters. The lowest BCUT2D eigenvalue weighted by Crippen LogP contribution is -2.17. The number of esters is 1. The zero-order valence-electron chi connectivity index (χ0n) is 11.1. The highest BCUT2D eigenvalue weighted by Gasteiger charge is 2.24. The Morgan fingerprint density at radius 1 is 1.35 bits per heavy atom. The predicted molar refractivity (Wildman–Crippen MR) is 71.2 cm³/mol. The number of rotatable bonds is 5. The molecule has 0 saturated heterocycles. The Balaban J connectivity index is 2.63. The van der Waals surface area contributed by atoms with Gasteiger partial charge in [-0.3, -0.25) is 9.59 Å². The maximum Gasteiger partial charge on any atom is 0.379 e. The molecule has 1 heterocycles. The van der Waals surface area contributed by atoms with Crippen LogP contribution < -0.4 is 4.74 Å². The fourth-order valence-electron chi connectivity index (χ4n) is 1.99. The van der Waals surface area contributed by atoms with E-state index in [9.17, 15) is 14.4 Å². The van der Waals surface area contributed by atoms with Gasteiger partial charge in [0.25, 0.3) is 5.78 Å². The molecule has 1 aromatic heterocycles. The first-order valence-corrected chi connectivity index (χ1v) is 5.98. The van der Waals surface area contributed by atoms with E-state index in [2.05, 4.69) is 4.98 Å². The summed E-state index contributed by atoms with van der Waals surface area (Å²) in [6, 6.07) is 3.14. The number of Topliss-reactive ketones (excluding diaryl/α,β-unsaturated/α-hetero) is 1. The van der Waals surface area contributed by atoms with Crippen LogP contribution in [0.1, 0.15) is 27.6 Å². The van der Waals surface area contributed by atoms with E-state index in [-0.39, 0.29) is 12.2 Å². The summed E-state index contributed by atoms with van der Waals surface area (Å²) in [6.45, 7) is 1.73. The minimum Gasteiger partial charge on any atom is -0.496 e. The SMILES string of the molecule is CCOC(=O)C(=O)c1c[nH]c2c(C=O)ccc(OC)c12. The summed E-state index contributed by atoms with van der Waals surface area (Å²) in [5, 5.41) is 0.398. The molecule has 6 heteroatoms. The van der Waals surface area contributed by atoms with Gasteiger partial charge in [0.15, 0.2) is 6.29 Å². The van der Waals surface area contributed by atoms with Crippen LogP contribution in [0.5, 0.6) is 5.75 Å². The molecule has 0 aliphatic rings. The second kappa shape index (κ2) is 5.56. The molecule has 0 spiro atoms. The number of methoxy groups -OCH3 is 1. The number of aromatic amines is 1. The van der Waals surface area contributed by atoms with Crippen molar-refractivity contribution in [3.8, 4) is 5.75 Å². The number of aldehydes is 1. The molecular weight excluding hydrogens is 262 g/mol. The summed E-state index contributed by atoms with van der Waals surface area (Å²) in [7, 11) is 1.45. The van der Waals surface area contributed by atoms with Gasteiger partial charge in [-0.2, -0.15) is 0 Å². The fourth-order valence-corrected chi connectivity index (χ4v) is 1.99. The van der Waals surface area contributed by atoms with Crippen LogP contribution in [0.3, 0.4) is 0 Å². The molecule has 104 valence electrons. The van der Waals surface area contributed by atoms with E-state index >= 15 is 0 Å². The van der Waals surface area contributed by atoms with Crippen molar-refractivity contribution in [3.05, 3.63) is 29.5 Å². The van der Waals surface area contributed by atoms with Gasteiger partial charge in [0.2, 0.25) is 0 Å².